The number of aromatic nitrogens is 1. The van der Waals surface area contributed by atoms with Crippen LogP contribution in [0.15, 0.2) is 24.3 Å². The first-order valence-corrected chi connectivity index (χ1v) is 12.1. The number of nitro groups is 1. The fourth-order valence-corrected chi connectivity index (χ4v) is 5.04. The predicted octanol–water partition coefficient (Wildman–Crippen LogP) is 5.88. The van der Waals surface area contributed by atoms with Crippen molar-refractivity contribution in [2.24, 2.45) is 11.3 Å². The van der Waals surface area contributed by atoms with Crippen LogP contribution in [0.4, 0.5) is 0 Å². The maximum Gasteiger partial charge on any atom is 0.391 e. The van der Waals surface area contributed by atoms with Crippen molar-refractivity contribution in [2.45, 2.75) is 71.9 Å². The molecule has 1 atom stereocenters. The van der Waals surface area contributed by atoms with E-state index in [-0.39, 0.29) is 18.4 Å². The van der Waals surface area contributed by atoms with E-state index in [1.165, 1.54) is 13.0 Å². The lowest BCUT2D eigenvalue weighted by Gasteiger charge is -2.37. The molecule has 1 aromatic carbocycles. The number of nitrogens with zero attached hydrogens (tertiary/aromatic N) is 2. The van der Waals surface area contributed by atoms with Crippen LogP contribution in [0.2, 0.25) is 0 Å². The van der Waals surface area contributed by atoms with E-state index >= 15 is 0 Å². The van der Waals surface area contributed by atoms with Crippen LogP contribution in [-0.2, 0) is 15.1 Å². The number of ether oxygens (including phenoxy) is 2. The summed E-state index contributed by atoms with van der Waals surface area (Å²) in [7, 11) is 0. The van der Waals surface area contributed by atoms with Gasteiger partial charge < -0.3 is 9.47 Å². The molecule has 174 valence electrons. The van der Waals surface area contributed by atoms with Gasteiger partial charge in [-0.25, -0.2) is 9.78 Å². The molecule has 8 heteroatoms. The Hall–Kier alpha value is -1.97. The highest BCUT2D eigenvalue weighted by Crippen LogP contribution is 2.40. The van der Waals surface area contributed by atoms with Crippen LogP contribution < -0.4 is 4.74 Å². The van der Waals surface area contributed by atoms with E-state index < -0.39 is 16.4 Å². The lowest BCUT2D eigenvalue weighted by Crippen LogP contribution is -2.42. The summed E-state index contributed by atoms with van der Waals surface area (Å²) in [5.41, 5.74) is -1.10. The largest absolute Gasteiger partial charge is 0.489 e. The topological polar surface area (TPSA) is 91.6 Å². The molecule has 0 bridgehead atoms. The van der Waals surface area contributed by atoms with Crippen LogP contribution in [0.5, 0.6) is 5.75 Å². The zero-order valence-electron chi connectivity index (χ0n) is 19.3. The standard InChI is InChI=1S/C24H31IN2O5/c1-6-31-22(28)24(5,27(29)30)20-14-11-17-18(26-20)12-13-19(21(17)25)32-16-9-7-15(8-10-16)23(2,3)4/h11-16H,6-10H2,1-5H3. The number of carbonyl (C=O) groups is 1. The molecule has 7 nitrogen and oxygen atoms in total. The molecule has 0 amide bonds. The number of halogens is 1. The highest BCUT2D eigenvalue weighted by molar-refractivity contribution is 14.1. The van der Waals surface area contributed by atoms with Crippen LogP contribution >= 0.6 is 22.6 Å². The fourth-order valence-electron chi connectivity index (χ4n) is 4.28. The molecule has 0 radical (unpaired) electrons. The SMILES string of the molecule is CCOC(=O)C(C)(c1ccc2c(I)c(OC3CCC(C(C)(C)C)CC3)ccc2n1)[N+](=O)[O-]. The van der Waals surface area contributed by atoms with Crippen LogP contribution in [0.3, 0.4) is 0 Å². The van der Waals surface area contributed by atoms with Crippen molar-refractivity contribution >= 4 is 39.5 Å². The number of hydrogen-bond donors (Lipinski definition) is 0. The van der Waals surface area contributed by atoms with Crippen molar-refractivity contribution < 1.29 is 19.2 Å². The Labute approximate surface area is 202 Å². The molecule has 1 aliphatic carbocycles. The quantitative estimate of drug-likeness (QED) is 0.192. The second-order valence-corrected chi connectivity index (χ2v) is 10.7. The molecule has 1 unspecified atom stereocenters. The summed E-state index contributed by atoms with van der Waals surface area (Å²) in [6.07, 6.45) is 4.59. The fraction of sp³-hybridized carbons (Fsp3) is 0.583. The molecule has 0 N–H and O–H groups in total. The average Bonchev–Trinajstić information content (AvgIpc) is 2.74. The number of rotatable bonds is 6. The van der Waals surface area contributed by atoms with Crippen LogP contribution in [-0.4, -0.2) is 28.6 Å². The highest BCUT2D eigenvalue weighted by atomic mass is 127. The number of hydrogen-bond acceptors (Lipinski definition) is 6. The van der Waals surface area contributed by atoms with Gasteiger partial charge in [-0.1, -0.05) is 20.8 Å². The van der Waals surface area contributed by atoms with Crippen molar-refractivity contribution in [1.82, 2.24) is 4.98 Å². The molecule has 1 fully saturated rings. The Kier molecular flexibility index (Phi) is 7.31. The molecule has 1 aliphatic rings. The first-order valence-electron chi connectivity index (χ1n) is 11.1. The molecule has 0 aliphatic heterocycles. The van der Waals surface area contributed by atoms with Crippen LogP contribution in [0.25, 0.3) is 10.9 Å². The zero-order valence-corrected chi connectivity index (χ0v) is 21.5. The summed E-state index contributed by atoms with van der Waals surface area (Å²) in [4.78, 5) is 27.9. The lowest BCUT2D eigenvalue weighted by molar-refractivity contribution is -0.560. The Balaban J connectivity index is 1.84. The first-order chi connectivity index (χ1) is 15.0. The van der Waals surface area contributed by atoms with Gasteiger partial charge in [0.15, 0.2) is 0 Å². The molecule has 0 spiro atoms. The van der Waals surface area contributed by atoms with Gasteiger partial charge in [0.1, 0.15) is 11.4 Å². The second-order valence-electron chi connectivity index (χ2n) is 9.65. The number of benzene rings is 1. The summed E-state index contributed by atoms with van der Waals surface area (Å²) < 4.78 is 12.2. The van der Waals surface area contributed by atoms with E-state index in [9.17, 15) is 14.9 Å². The van der Waals surface area contributed by atoms with Gasteiger partial charge in [-0.3, -0.25) is 10.1 Å². The Morgan fingerprint density at radius 2 is 1.81 bits per heavy atom. The van der Waals surface area contributed by atoms with Crippen molar-refractivity contribution in [3.05, 3.63) is 43.6 Å². The molecule has 0 saturated heterocycles. The predicted molar refractivity (Wildman–Crippen MR) is 131 cm³/mol. The van der Waals surface area contributed by atoms with Crippen LogP contribution in [0.1, 0.15) is 66.0 Å². The van der Waals surface area contributed by atoms with Crippen molar-refractivity contribution in [1.29, 1.82) is 0 Å². The minimum absolute atomic E-state index is 0.0541. The molecule has 3 rings (SSSR count). The lowest BCUT2D eigenvalue weighted by atomic mass is 9.72. The summed E-state index contributed by atoms with van der Waals surface area (Å²) in [6.45, 7) is 9.82. The van der Waals surface area contributed by atoms with E-state index in [1.807, 2.05) is 6.07 Å². The van der Waals surface area contributed by atoms with E-state index in [1.54, 1.807) is 19.1 Å². The number of pyridine rings is 1. The zero-order chi connectivity index (χ0) is 23.7. The van der Waals surface area contributed by atoms with E-state index in [2.05, 4.69) is 48.3 Å². The summed E-state index contributed by atoms with van der Waals surface area (Å²) in [5, 5.41) is 12.6. The third-order valence-electron chi connectivity index (χ3n) is 6.50. The third kappa shape index (κ3) is 4.84. The van der Waals surface area contributed by atoms with Gasteiger partial charge in [0, 0.05) is 17.2 Å². The van der Waals surface area contributed by atoms with E-state index in [0.29, 0.717) is 10.9 Å². The van der Waals surface area contributed by atoms with E-state index in [0.717, 1.165) is 46.3 Å². The Morgan fingerprint density at radius 3 is 2.38 bits per heavy atom. The normalized spacial score (nSPS) is 21.1. The smallest absolute Gasteiger partial charge is 0.391 e. The molecule has 2 aromatic rings. The Bertz CT molecular complexity index is 1010. The van der Waals surface area contributed by atoms with Crippen molar-refractivity contribution in [2.75, 3.05) is 6.61 Å². The minimum atomic E-state index is -2.06. The molecular formula is C24H31IN2O5. The second kappa shape index (κ2) is 9.49. The number of fused-ring (bicyclic) bond motifs is 1. The molecule has 1 aromatic heterocycles. The van der Waals surface area contributed by atoms with Gasteiger partial charge in [-0.2, -0.15) is 0 Å². The molecule has 32 heavy (non-hydrogen) atoms. The highest BCUT2D eigenvalue weighted by Gasteiger charge is 2.51. The maximum absolute atomic E-state index is 12.3. The first kappa shape index (κ1) is 24.7. The van der Waals surface area contributed by atoms with Gasteiger partial charge in [0.2, 0.25) is 0 Å². The van der Waals surface area contributed by atoms with Crippen molar-refractivity contribution in [3.8, 4) is 5.75 Å². The van der Waals surface area contributed by atoms with Gasteiger partial charge >= 0.3 is 11.5 Å². The van der Waals surface area contributed by atoms with E-state index in [4.69, 9.17) is 9.47 Å². The Morgan fingerprint density at radius 1 is 1.16 bits per heavy atom. The number of carbonyl (C=O) groups excluding carboxylic acids is 1. The third-order valence-corrected chi connectivity index (χ3v) is 7.61. The average molecular weight is 554 g/mol. The molecule has 1 saturated carbocycles. The number of esters is 1. The maximum atomic E-state index is 12.3. The monoisotopic (exact) mass is 554 g/mol. The van der Waals surface area contributed by atoms with Gasteiger partial charge in [-0.05, 0) is 90.8 Å². The minimum Gasteiger partial charge on any atom is -0.489 e. The molecule has 1 heterocycles. The van der Waals surface area contributed by atoms with Gasteiger partial charge in [0.05, 0.1) is 21.8 Å². The van der Waals surface area contributed by atoms with Gasteiger partial charge in [-0.15, -0.1) is 0 Å². The summed E-state index contributed by atoms with van der Waals surface area (Å²) in [6, 6.07) is 6.96. The summed E-state index contributed by atoms with van der Waals surface area (Å²) in [5.74, 6) is 0.600. The molecular weight excluding hydrogens is 523 g/mol. The van der Waals surface area contributed by atoms with Crippen LogP contribution in [0, 0.1) is 25.0 Å². The van der Waals surface area contributed by atoms with Gasteiger partial charge in [0.25, 0.3) is 0 Å². The van der Waals surface area contributed by atoms with Crippen molar-refractivity contribution in [3.63, 3.8) is 0 Å². The summed E-state index contributed by atoms with van der Waals surface area (Å²) >= 11 is 2.23.